The van der Waals surface area contributed by atoms with E-state index in [0.717, 1.165) is 29.5 Å². The third-order valence-electron chi connectivity index (χ3n) is 3.56. The van der Waals surface area contributed by atoms with Crippen LogP contribution >= 0.6 is 11.3 Å². The predicted molar refractivity (Wildman–Crippen MR) is 85.8 cm³/mol. The number of aromatic nitrogens is 1. The van der Waals surface area contributed by atoms with Gasteiger partial charge in [0, 0.05) is 25.0 Å². The molecule has 6 heteroatoms. The van der Waals surface area contributed by atoms with Crippen molar-refractivity contribution in [3.05, 3.63) is 40.3 Å². The smallest absolute Gasteiger partial charge is 0.275 e. The first-order valence-electron chi connectivity index (χ1n) is 7.08. The molecule has 1 aromatic heterocycles. The Kier molecular flexibility index (Phi) is 4.17. The van der Waals surface area contributed by atoms with Gasteiger partial charge in [-0.15, -0.1) is 11.3 Å². The zero-order valence-corrected chi connectivity index (χ0v) is 12.5. The number of para-hydroxylation sites is 2. The van der Waals surface area contributed by atoms with Crippen molar-refractivity contribution in [3.8, 4) is 0 Å². The van der Waals surface area contributed by atoms with E-state index in [-0.39, 0.29) is 5.91 Å². The van der Waals surface area contributed by atoms with Crippen LogP contribution in [0.4, 0.5) is 11.4 Å². The van der Waals surface area contributed by atoms with E-state index in [1.807, 2.05) is 24.3 Å². The van der Waals surface area contributed by atoms with Crippen LogP contribution in [0.5, 0.6) is 0 Å². The molecule has 1 aromatic carbocycles. The van der Waals surface area contributed by atoms with Crippen molar-refractivity contribution in [1.29, 1.82) is 0 Å². The largest absolute Gasteiger partial charge is 0.370 e. The number of carbonyl (C=O) groups excluding carboxylic acids is 1. The highest BCUT2D eigenvalue weighted by Gasteiger charge is 2.17. The molecule has 0 saturated carbocycles. The minimum atomic E-state index is -0.183. The third kappa shape index (κ3) is 3.06. The second-order valence-corrected chi connectivity index (χ2v) is 5.94. The number of thiazole rings is 1. The Balaban J connectivity index is 1.79. The maximum atomic E-state index is 12.3. The molecule has 0 unspecified atom stereocenters. The number of amides is 1. The standard InChI is InChI=1S/C15H18N4OS/c16-9-14-17-12(10-21-14)15(20)18-11-5-1-2-6-13(11)19-7-3-4-8-19/h1-2,5-6,10H,3-4,7-9,16H2,(H,18,20). The predicted octanol–water partition coefficient (Wildman–Crippen LogP) is 2.45. The van der Waals surface area contributed by atoms with Crippen molar-refractivity contribution in [2.24, 2.45) is 5.73 Å². The fraction of sp³-hybridized carbons (Fsp3) is 0.333. The fourth-order valence-corrected chi connectivity index (χ4v) is 3.16. The molecule has 1 amide bonds. The van der Waals surface area contributed by atoms with Crippen LogP contribution in [0.3, 0.4) is 0 Å². The summed E-state index contributed by atoms with van der Waals surface area (Å²) in [6.45, 7) is 2.45. The van der Waals surface area contributed by atoms with Crippen molar-refractivity contribution in [1.82, 2.24) is 4.98 Å². The summed E-state index contributed by atoms with van der Waals surface area (Å²) in [5.41, 5.74) is 7.88. The average Bonchev–Trinajstić information content (AvgIpc) is 3.19. The summed E-state index contributed by atoms with van der Waals surface area (Å²) in [6, 6.07) is 7.91. The lowest BCUT2D eigenvalue weighted by molar-refractivity contribution is 0.102. The molecule has 1 aliphatic heterocycles. The van der Waals surface area contributed by atoms with Gasteiger partial charge in [-0.2, -0.15) is 0 Å². The highest BCUT2D eigenvalue weighted by molar-refractivity contribution is 7.09. The van der Waals surface area contributed by atoms with Gasteiger partial charge in [0.05, 0.1) is 11.4 Å². The maximum Gasteiger partial charge on any atom is 0.275 e. The van der Waals surface area contributed by atoms with Crippen molar-refractivity contribution >= 4 is 28.6 Å². The van der Waals surface area contributed by atoms with E-state index in [9.17, 15) is 4.79 Å². The van der Waals surface area contributed by atoms with Crippen LogP contribution in [0.25, 0.3) is 0 Å². The number of nitrogens with two attached hydrogens (primary N) is 1. The van der Waals surface area contributed by atoms with Crippen LogP contribution in [0.2, 0.25) is 0 Å². The molecular weight excluding hydrogens is 284 g/mol. The average molecular weight is 302 g/mol. The summed E-state index contributed by atoms with van der Waals surface area (Å²) >= 11 is 1.41. The van der Waals surface area contributed by atoms with Gasteiger partial charge in [-0.05, 0) is 25.0 Å². The number of carbonyl (C=O) groups is 1. The Labute approximate surface area is 127 Å². The molecule has 21 heavy (non-hydrogen) atoms. The molecule has 0 bridgehead atoms. The lowest BCUT2D eigenvalue weighted by Crippen LogP contribution is -2.21. The SMILES string of the molecule is NCc1nc(C(=O)Nc2ccccc2N2CCCC2)cs1. The monoisotopic (exact) mass is 302 g/mol. The molecule has 0 aliphatic carbocycles. The van der Waals surface area contributed by atoms with Gasteiger partial charge in [0.25, 0.3) is 5.91 Å². The lowest BCUT2D eigenvalue weighted by Gasteiger charge is -2.21. The van der Waals surface area contributed by atoms with Crippen molar-refractivity contribution < 1.29 is 4.79 Å². The van der Waals surface area contributed by atoms with E-state index >= 15 is 0 Å². The van der Waals surface area contributed by atoms with Crippen molar-refractivity contribution in [3.63, 3.8) is 0 Å². The summed E-state index contributed by atoms with van der Waals surface area (Å²) in [6.07, 6.45) is 2.41. The quantitative estimate of drug-likeness (QED) is 0.910. The summed E-state index contributed by atoms with van der Waals surface area (Å²) in [4.78, 5) is 18.8. The molecule has 0 spiro atoms. The molecule has 110 valence electrons. The van der Waals surface area contributed by atoms with Crippen LogP contribution in [-0.2, 0) is 6.54 Å². The Hall–Kier alpha value is -1.92. The minimum absolute atomic E-state index is 0.183. The number of benzene rings is 1. The van der Waals surface area contributed by atoms with Gasteiger partial charge in [-0.1, -0.05) is 12.1 Å². The molecule has 2 heterocycles. The first-order chi connectivity index (χ1) is 10.3. The zero-order valence-electron chi connectivity index (χ0n) is 11.7. The third-order valence-corrected chi connectivity index (χ3v) is 4.43. The second kappa shape index (κ2) is 6.24. The number of rotatable bonds is 4. The van der Waals surface area contributed by atoms with Gasteiger partial charge >= 0.3 is 0 Å². The van der Waals surface area contributed by atoms with Gasteiger partial charge < -0.3 is 16.0 Å². The fourth-order valence-electron chi connectivity index (χ4n) is 2.51. The summed E-state index contributed by atoms with van der Waals surface area (Å²) in [5, 5.41) is 5.48. The van der Waals surface area contributed by atoms with E-state index in [1.54, 1.807) is 5.38 Å². The Morgan fingerprint density at radius 2 is 2.10 bits per heavy atom. The van der Waals surface area contributed by atoms with Gasteiger partial charge in [0.15, 0.2) is 0 Å². The van der Waals surface area contributed by atoms with Crippen LogP contribution in [0, 0.1) is 0 Å². The van der Waals surface area contributed by atoms with Crippen LogP contribution < -0.4 is 16.0 Å². The van der Waals surface area contributed by atoms with Gasteiger partial charge in [-0.25, -0.2) is 4.98 Å². The Morgan fingerprint density at radius 3 is 2.81 bits per heavy atom. The normalized spacial score (nSPS) is 14.4. The molecule has 3 N–H and O–H groups in total. The molecule has 1 fully saturated rings. The molecule has 2 aromatic rings. The minimum Gasteiger partial charge on any atom is -0.370 e. The van der Waals surface area contributed by atoms with Crippen LogP contribution in [-0.4, -0.2) is 24.0 Å². The molecule has 5 nitrogen and oxygen atoms in total. The van der Waals surface area contributed by atoms with Crippen molar-refractivity contribution in [2.75, 3.05) is 23.3 Å². The van der Waals surface area contributed by atoms with Gasteiger partial charge in [0.1, 0.15) is 10.7 Å². The molecular formula is C15H18N4OS. The number of nitrogens with one attached hydrogen (secondary N) is 1. The number of anilines is 2. The molecule has 3 rings (SSSR count). The van der Waals surface area contributed by atoms with E-state index in [0.29, 0.717) is 12.2 Å². The van der Waals surface area contributed by atoms with Gasteiger partial charge in [0.2, 0.25) is 0 Å². The highest BCUT2D eigenvalue weighted by Crippen LogP contribution is 2.29. The highest BCUT2D eigenvalue weighted by atomic mass is 32.1. The van der Waals surface area contributed by atoms with Crippen LogP contribution in [0.15, 0.2) is 29.6 Å². The number of hydrogen-bond acceptors (Lipinski definition) is 5. The Bertz CT molecular complexity index is 634. The first-order valence-corrected chi connectivity index (χ1v) is 7.95. The second-order valence-electron chi connectivity index (χ2n) is 5.00. The number of nitrogens with zero attached hydrogens (tertiary/aromatic N) is 2. The lowest BCUT2D eigenvalue weighted by atomic mass is 10.2. The molecule has 1 aliphatic rings. The van der Waals surface area contributed by atoms with Crippen LogP contribution in [0.1, 0.15) is 28.3 Å². The van der Waals surface area contributed by atoms with Gasteiger partial charge in [-0.3, -0.25) is 4.79 Å². The van der Waals surface area contributed by atoms with Crippen molar-refractivity contribution in [2.45, 2.75) is 19.4 Å². The number of hydrogen-bond donors (Lipinski definition) is 2. The van der Waals surface area contributed by atoms with E-state index in [2.05, 4.69) is 15.2 Å². The Morgan fingerprint density at radius 1 is 1.33 bits per heavy atom. The summed E-state index contributed by atoms with van der Waals surface area (Å²) in [7, 11) is 0. The van der Waals surface area contributed by atoms with E-state index in [4.69, 9.17) is 5.73 Å². The molecule has 0 radical (unpaired) electrons. The zero-order chi connectivity index (χ0) is 14.7. The maximum absolute atomic E-state index is 12.3. The molecule has 1 saturated heterocycles. The summed E-state index contributed by atoms with van der Waals surface area (Å²) in [5.74, 6) is -0.183. The van der Waals surface area contributed by atoms with E-state index in [1.165, 1.54) is 24.2 Å². The topological polar surface area (TPSA) is 71.2 Å². The van der Waals surface area contributed by atoms with E-state index < -0.39 is 0 Å². The first kappa shape index (κ1) is 14.0. The summed E-state index contributed by atoms with van der Waals surface area (Å²) < 4.78 is 0. The molecule has 0 atom stereocenters.